The lowest BCUT2D eigenvalue weighted by atomic mass is 10.1. The quantitative estimate of drug-likeness (QED) is 0.921. The zero-order valence-electron chi connectivity index (χ0n) is 10.5. The molecule has 0 saturated heterocycles. The number of aryl methyl sites for hydroxylation is 1. The molecule has 4 nitrogen and oxygen atoms in total. The summed E-state index contributed by atoms with van der Waals surface area (Å²) >= 11 is 6.11. The number of carbonyl (C=O) groups excluding carboxylic acids is 1. The predicted molar refractivity (Wildman–Crippen MR) is 71.4 cm³/mol. The van der Waals surface area contributed by atoms with Crippen molar-refractivity contribution < 1.29 is 13.9 Å². The Balaban J connectivity index is 2.66. The van der Waals surface area contributed by atoms with E-state index >= 15 is 0 Å². The molecule has 0 bridgehead atoms. The first-order valence-electron chi connectivity index (χ1n) is 5.66. The Bertz CT molecular complexity index is 604. The van der Waals surface area contributed by atoms with Gasteiger partial charge in [-0.1, -0.05) is 11.6 Å². The standard InChI is InChI=1S/C13H14ClNO3/c1-4-17-13-7(2)11-10(18-13)6-5-9(14)12(11)15-8(3)16/h5-6H,4H2,1-3H3,(H,15,16). The molecule has 0 aliphatic heterocycles. The molecular weight excluding hydrogens is 254 g/mol. The summed E-state index contributed by atoms with van der Waals surface area (Å²) in [4.78, 5) is 11.2. The highest BCUT2D eigenvalue weighted by molar-refractivity contribution is 6.35. The smallest absolute Gasteiger partial charge is 0.288 e. The van der Waals surface area contributed by atoms with Crippen molar-refractivity contribution in [3.05, 3.63) is 22.7 Å². The molecule has 1 heterocycles. The third-order valence-electron chi connectivity index (χ3n) is 2.58. The first-order valence-corrected chi connectivity index (χ1v) is 6.04. The fourth-order valence-electron chi connectivity index (χ4n) is 1.86. The van der Waals surface area contributed by atoms with E-state index in [0.29, 0.717) is 28.8 Å². The topological polar surface area (TPSA) is 51.5 Å². The average Bonchev–Trinajstić information content (AvgIpc) is 2.61. The lowest BCUT2D eigenvalue weighted by Gasteiger charge is -2.06. The zero-order chi connectivity index (χ0) is 13.3. The molecule has 0 saturated carbocycles. The van der Waals surface area contributed by atoms with Crippen LogP contribution in [-0.2, 0) is 4.79 Å². The molecule has 0 fully saturated rings. The van der Waals surface area contributed by atoms with Gasteiger partial charge in [0.1, 0.15) is 5.58 Å². The van der Waals surface area contributed by atoms with Crippen molar-refractivity contribution in [3.8, 4) is 5.95 Å². The van der Waals surface area contributed by atoms with Crippen molar-refractivity contribution >= 4 is 34.2 Å². The molecule has 1 N–H and O–H groups in total. The van der Waals surface area contributed by atoms with Gasteiger partial charge >= 0.3 is 0 Å². The molecule has 18 heavy (non-hydrogen) atoms. The Morgan fingerprint density at radius 3 is 2.83 bits per heavy atom. The average molecular weight is 268 g/mol. The van der Waals surface area contributed by atoms with E-state index in [1.807, 2.05) is 13.8 Å². The van der Waals surface area contributed by atoms with E-state index in [9.17, 15) is 4.79 Å². The van der Waals surface area contributed by atoms with Crippen LogP contribution in [0.15, 0.2) is 16.5 Å². The molecule has 96 valence electrons. The molecule has 0 atom stereocenters. The number of rotatable bonds is 3. The third kappa shape index (κ3) is 2.16. The van der Waals surface area contributed by atoms with Crippen molar-refractivity contribution in [2.45, 2.75) is 20.8 Å². The second-order valence-corrected chi connectivity index (χ2v) is 4.33. The van der Waals surface area contributed by atoms with E-state index in [0.717, 1.165) is 10.9 Å². The van der Waals surface area contributed by atoms with Gasteiger partial charge in [-0.25, -0.2) is 0 Å². The molecule has 0 radical (unpaired) electrons. The van der Waals surface area contributed by atoms with Gasteiger partial charge in [0.05, 0.1) is 22.7 Å². The number of amides is 1. The Hall–Kier alpha value is -1.68. The number of benzene rings is 1. The minimum absolute atomic E-state index is 0.178. The number of fused-ring (bicyclic) bond motifs is 1. The van der Waals surface area contributed by atoms with Crippen molar-refractivity contribution in [2.75, 3.05) is 11.9 Å². The van der Waals surface area contributed by atoms with E-state index in [1.165, 1.54) is 6.92 Å². The molecule has 0 unspecified atom stereocenters. The van der Waals surface area contributed by atoms with Gasteiger partial charge in [0.15, 0.2) is 0 Å². The van der Waals surface area contributed by atoms with E-state index in [1.54, 1.807) is 12.1 Å². The van der Waals surface area contributed by atoms with E-state index in [4.69, 9.17) is 20.8 Å². The highest BCUT2D eigenvalue weighted by Crippen LogP contribution is 2.39. The van der Waals surface area contributed by atoms with Gasteiger partial charge in [0, 0.05) is 12.5 Å². The summed E-state index contributed by atoms with van der Waals surface area (Å²) in [5.41, 5.74) is 2.04. The Morgan fingerprint density at radius 1 is 1.50 bits per heavy atom. The molecule has 0 spiro atoms. The number of nitrogens with one attached hydrogen (secondary N) is 1. The van der Waals surface area contributed by atoms with Crippen molar-refractivity contribution in [3.63, 3.8) is 0 Å². The highest BCUT2D eigenvalue weighted by Gasteiger charge is 2.17. The molecule has 5 heteroatoms. The first kappa shape index (κ1) is 12.8. The van der Waals surface area contributed by atoms with Gasteiger partial charge < -0.3 is 14.5 Å². The van der Waals surface area contributed by atoms with Gasteiger partial charge in [-0.05, 0) is 26.0 Å². The minimum atomic E-state index is -0.178. The normalized spacial score (nSPS) is 10.7. The van der Waals surface area contributed by atoms with Crippen LogP contribution in [0.3, 0.4) is 0 Å². The number of carbonyl (C=O) groups is 1. The number of halogens is 1. The molecule has 1 amide bonds. The SMILES string of the molecule is CCOc1oc2ccc(Cl)c(NC(C)=O)c2c1C. The maximum absolute atomic E-state index is 11.2. The summed E-state index contributed by atoms with van der Waals surface area (Å²) in [6, 6.07) is 3.45. The van der Waals surface area contributed by atoms with Crippen LogP contribution in [0.2, 0.25) is 5.02 Å². The van der Waals surface area contributed by atoms with Crippen LogP contribution in [0.5, 0.6) is 5.95 Å². The monoisotopic (exact) mass is 267 g/mol. The molecule has 0 aliphatic rings. The molecule has 1 aromatic carbocycles. The maximum Gasteiger partial charge on any atom is 0.288 e. The molecule has 0 aliphatic carbocycles. The summed E-state index contributed by atoms with van der Waals surface area (Å²) in [5, 5.41) is 3.98. The Morgan fingerprint density at radius 2 is 2.22 bits per heavy atom. The van der Waals surface area contributed by atoms with Gasteiger partial charge in [-0.2, -0.15) is 0 Å². The number of furan rings is 1. The minimum Gasteiger partial charge on any atom is -0.465 e. The number of ether oxygens (including phenoxy) is 1. The molecule has 2 rings (SSSR count). The van der Waals surface area contributed by atoms with E-state index < -0.39 is 0 Å². The van der Waals surface area contributed by atoms with Crippen LogP contribution < -0.4 is 10.1 Å². The third-order valence-corrected chi connectivity index (χ3v) is 2.89. The maximum atomic E-state index is 11.2. The zero-order valence-corrected chi connectivity index (χ0v) is 11.2. The lowest BCUT2D eigenvalue weighted by Crippen LogP contribution is -2.06. The van der Waals surface area contributed by atoms with E-state index in [-0.39, 0.29) is 5.91 Å². The largest absolute Gasteiger partial charge is 0.465 e. The number of hydrogen-bond donors (Lipinski definition) is 1. The van der Waals surface area contributed by atoms with Crippen molar-refractivity contribution in [1.29, 1.82) is 0 Å². The van der Waals surface area contributed by atoms with Gasteiger partial charge in [0.2, 0.25) is 5.91 Å². The highest BCUT2D eigenvalue weighted by atomic mass is 35.5. The van der Waals surface area contributed by atoms with Crippen LogP contribution in [-0.4, -0.2) is 12.5 Å². The molecular formula is C13H14ClNO3. The van der Waals surface area contributed by atoms with Gasteiger partial charge in [-0.3, -0.25) is 4.79 Å². The second-order valence-electron chi connectivity index (χ2n) is 3.92. The summed E-state index contributed by atoms with van der Waals surface area (Å²) in [7, 11) is 0. The van der Waals surface area contributed by atoms with Crippen LogP contribution in [0.4, 0.5) is 5.69 Å². The lowest BCUT2D eigenvalue weighted by molar-refractivity contribution is -0.114. The number of anilines is 1. The first-order chi connectivity index (χ1) is 8.54. The van der Waals surface area contributed by atoms with Crippen LogP contribution in [0, 0.1) is 6.92 Å². The number of hydrogen-bond acceptors (Lipinski definition) is 3. The predicted octanol–water partition coefficient (Wildman–Crippen LogP) is 3.75. The fourth-order valence-corrected chi connectivity index (χ4v) is 2.07. The molecule has 2 aromatic rings. The summed E-state index contributed by atoms with van der Waals surface area (Å²) in [6.07, 6.45) is 0. The second kappa shape index (κ2) is 4.90. The summed E-state index contributed by atoms with van der Waals surface area (Å²) < 4.78 is 11.0. The van der Waals surface area contributed by atoms with E-state index in [2.05, 4.69) is 5.32 Å². The van der Waals surface area contributed by atoms with Crippen LogP contribution in [0.25, 0.3) is 11.0 Å². The van der Waals surface area contributed by atoms with Crippen molar-refractivity contribution in [1.82, 2.24) is 0 Å². The van der Waals surface area contributed by atoms with Crippen molar-refractivity contribution in [2.24, 2.45) is 0 Å². The van der Waals surface area contributed by atoms with Crippen LogP contribution in [0.1, 0.15) is 19.4 Å². The van der Waals surface area contributed by atoms with Gasteiger partial charge in [-0.15, -0.1) is 0 Å². The molecule has 1 aromatic heterocycles. The summed E-state index contributed by atoms with van der Waals surface area (Å²) in [5.74, 6) is 0.282. The summed E-state index contributed by atoms with van der Waals surface area (Å²) in [6.45, 7) is 5.71. The fraction of sp³-hybridized carbons (Fsp3) is 0.308. The van der Waals surface area contributed by atoms with Gasteiger partial charge in [0.25, 0.3) is 5.95 Å². The Kier molecular flexibility index (Phi) is 3.48. The van der Waals surface area contributed by atoms with Crippen LogP contribution >= 0.6 is 11.6 Å². The Labute approximate surface area is 110 Å².